The molecule has 0 aliphatic rings. The molecule has 1 N–H and O–H groups in total. The molecule has 0 radical (unpaired) electrons. The average molecular weight is 216 g/mol. The molecule has 1 amide bonds. The van der Waals surface area contributed by atoms with E-state index in [-0.39, 0.29) is 48.4 Å². The molecule has 0 fully saturated rings. The van der Waals surface area contributed by atoms with Crippen molar-refractivity contribution in [2.45, 2.75) is 6.42 Å². The second-order valence-corrected chi connectivity index (χ2v) is 2.62. The van der Waals surface area contributed by atoms with E-state index in [1.165, 1.54) is 6.20 Å². The molecule has 0 atom stereocenters. The fourth-order valence-corrected chi connectivity index (χ4v) is 0.877. The summed E-state index contributed by atoms with van der Waals surface area (Å²) >= 11 is 0. The average Bonchev–Trinajstić information content (AvgIpc) is 2.18. The zero-order valence-corrected chi connectivity index (χ0v) is 10.4. The summed E-state index contributed by atoms with van der Waals surface area (Å²) in [5.41, 5.74) is 0.408. The van der Waals surface area contributed by atoms with Gasteiger partial charge in [0.2, 0.25) is 0 Å². The van der Waals surface area contributed by atoms with E-state index in [9.17, 15) is 14.7 Å². The van der Waals surface area contributed by atoms with Crippen molar-refractivity contribution < 1.29 is 44.3 Å². The van der Waals surface area contributed by atoms with Crippen LogP contribution >= 0.6 is 0 Å². The molecule has 5 nitrogen and oxygen atoms in total. The Morgan fingerprint density at radius 2 is 2.20 bits per heavy atom. The summed E-state index contributed by atoms with van der Waals surface area (Å²) in [7, 11) is 0. The zero-order valence-electron chi connectivity index (χ0n) is 8.40. The van der Waals surface area contributed by atoms with E-state index in [4.69, 9.17) is 0 Å². The van der Waals surface area contributed by atoms with Crippen LogP contribution in [0.3, 0.4) is 0 Å². The molecular weight excluding hydrogens is 207 g/mol. The molecule has 15 heavy (non-hydrogen) atoms. The smallest absolute Gasteiger partial charge is 0.550 e. The molecule has 0 bridgehead atoms. The number of rotatable bonds is 4. The zero-order chi connectivity index (χ0) is 10.4. The molecule has 1 heterocycles. The maximum atomic E-state index is 11.3. The molecule has 0 aliphatic carbocycles. The monoisotopic (exact) mass is 216 g/mol. The minimum Gasteiger partial charge on any atom is -0.550 e. The number of hydrogen-bond donors (Lipinski definition) is 1. The third-order valence-corrected chi connectivity index (χ3v) is 1.54. The first-order chi connectivity index (χ1) is 6.70. The Morgan fingerprint density at radius 1 is 1.47 bits per heavy atom. The van der Waals surface area contributed by atoms with Crippen molar-refractivity contribution >= 4 is 11.9 Å². The second kappa shape index (κ2) is 7.39. The van der Waals surface area contributed by atoms with Gasteiger partial charge in [-0.1, -0.05) is 0 Å². The Kier molecular flexibility index (Phi) is 6.94. The summed E-state index contributed by atoms with van der Waals surface area (Å²) in [6.45, 7) is 0.0655. The fourth-order valence-electron chi connectivity index (χ4n) is 0.877. The van der Waals surface area contributed by atoms with E-state index < -0.39 is 5.97 Å². The number of nitrogens with one attached hydrogen (secondary N) is 1. The van der Waals surface area contributed by atoms with Crippen molar-refractivity contribution in [3.8, 4) is 0 Å². The van der Waals surface area contributed by atoms with Crippen LogP contribution in [0.5, 0.6) is 0 Å². The molecule has 6 heteroatoms. The first-order valence-electron chi connectivity index (χ1n) is 4.08. The van der Waals surface area contributed by atoms with Crippen molar-refractivity contribution in [3.63, 3.8) is 0 Å². The first-order valence-corrected chi connectivity index (χ1v) is 4.08. The number of carbonyl (C=O) groups excluding carboxylic acids is 2. The summed E-state index contributed by atoms with van der Waals surface area (Å²) < 4.78 is 0. The Hall–Kier alpha value is -0.910. The van der Waals surface area contributed by atoms with E-state index in [0.717, 1.165) is 0 Å². The number of carbonyl (C=O) groups is 2. The van der Waals surface area contributed by atoms with Crippen molar-refractivity contribution in [1.29, 1.82) is 0 Å². The molecule has 0 saturated carbocycles. The van der Waals surface area contributed by atoms with Gasteiger partial charge < -0.3 is 15.2 Å². The van der Waals surface area contributed by atoms with Gasteiger partial charge >= 0.3 is 29.6 Å². The molecular formula is C9H9N2NaO3. The van der Waals surface area contributed by atoms with Crippen molar-refractivity contribution in [1.82, 2.24) is 10.3 Å². The standard InChI is InChI=1S/C9H10N2O3.Na/c12-8(13)3-5-11-9(14)7-2-1-4-10-6-7;/h1-2,4,6H,3,5H2,(H,11,14)(H,12,13);/q;+1/p-1. The van der Waals surface area contributed by atoms with Gasteiger partial charge in [-0.15, -0.1) is 0 Å². The molecule has 0 aliphatic heterocycles. The number of aromatic nitrogens is 1. The number of hydrogen-bond acceptors (Lipinski definition) is 4. The van der Waals surface area contributed by atoms with Crippen LogP contribution in [0.2, 0.25) is 0 Å². The number of nitrogens with zero attached hydrogens (tertiary/aromatic N) is 1. The minimum absolute atomic E-state index is 0. The van der Waals surface area contributed by atoms with Gasteiger partial charge in [-0.2, -0.15) is 0 Å². The van der Waals surface area contributed by atoms with Gasteiger partial charge in [0, 0.05) is 31.3 Å². The van der Waals surface area contributed by atoms with E-state index in [1.807, 2.05) is 0 Å². The van der Waals surface area contributed by atoms with E-state index in [0.29, 0.717) is 5.56 Å². The maximum Gasteiger partial charge on any atom is 1.00 e. The number of amides is 1. The fraction of sp³-hybridized carbons (Fsp3) is 0.222. The first kappa shape index (κ1) is 14.1. The molecule has 74 valence electrons. The van der Waals surface area contributed by atoms with Gasteiger partial charge in [-0.25, -0.2) is 0 Å². The van der Waals surface area contributed by atoms with Gasteiger partial charge in [0.05, 0.1) is 5.56 Å². The molecule has 1 aromatic heterocycles. The number of aliphatic carboxylic acids is 1. The molecule has 0 spiro atoms. The summed E-state index contributed by atoms with van der Waals surface area (Å²) in [6.07, 6.45) is 2.78. The third kappa shape index (κ3) is 5.51. The Balaban J connectivity index is 0.00000196. The van der Waals surface area contributed by atoms with Crippen LogP contribution in [0.1, 0.15) is 16.8 Å². The molecule has 0 saturated heterocycles. The Bertz CT molecular complexity index is 329. The number of pyridine rings is 1. The quantitative estimate of drug-likeness (QED) is 0.519. The van der Waals surface area contributed by atoms with Gasteiger partial charge in [0.25, 0.3) is 5.91 Å². The van der Waals surface area contributed by atoms with Crippen LogP contribution in [-0.4, -0.2) is 23.4 Å². The SMILES string of the molecule is O=C([O-])CCNC(=O)c1cccnc1.[Na+]. The minimum atomic E-state index is -1.18. The summed E-state index contributed by atoms with van der Waals surface area (Å²) in [5, 5.41) is 12.5. The normalized spacial score (nSPS) is 8.80. The Morgan fingerprint density at radius 3 is 2.73 bits per heavy atom. The molecule has 1 aromatic rings. The Labute approximate surface area is 109 Å². The second-order valence-electron chi connectivity index (χ2n) is 2.62. The van der Waals surface area contributed by atoms with E-state index in [1.54, 1.807) is 18.3 Å². The summed E-state index contributed by atoms with van der Waals surface area (Å²) in [6, 6.07) is 3.23. The predicted molar refractivity (Wildman–Crippen MR) is 46.2 cm³/mol. The van der Waals surface area contributed by atoms with Crippen LogP contribution in [0.15, 0.2) is 24.5 Å². The van der Waals surface area contributed by atoms with Crippen LogP contribution < -0.4 is 40.0 Å². The predicted octanol–water partition coefficient (Wildman–Crippen LogP) is -4.04. The van der Waals surface area contributed by atoms with Gasteiger partial charge in [0.1, 0.15) is 0 Å². The van der Waals surface area contributed by atoms with Crippen LogP contribution in [-0.2, 0) is 4.79 Å². The summed E-state index contributed by atoms with van der Waals surface area (Å²) in [5.74, 6) is -1.52. The number of carboxylic acids is 1. The third-order valence-electron chi connectivity index (χ3n) is 1.54. The van der Waals surface area contributed by atoms with Gasteiger partial charge in [-0.05, 0) is 12.1 Å². The topological polar surface area (TPSA) is 82.1 Å². The molecule has 0 unspecified atom stereocenters. The largest absolute Gasteiger partial charge is 1.00 e. The summed E-state index contributed by atoms with van der Waals surface area (Å²) in [4.78, 5) is 25.1. The maximum absolute atomic E-state index is 11.3. The molecule has 1 rings (SSSR count). The van der Waals surface area contributed by atoms with Crippen LogP contribution in [0.25, 0.3) is 0 Å². The van der Waals surface area contributed by atoms with Crippen LogP contribution in [0.4, 0.5) is 0 Å². The van der Waals surface area contributed by atoms with Crippen LogP contribution in [0, 0.1) is 0 Å². The van der Waals surface area contributed by atoms with E-state index >= 15 is 0 Å². The number of carboxylic acid groups (broad SMARTS) is 1. The van der Waals surface area contributed by atoms with Gasteiger partial charge in [0.15, 0.2) is 0 Å². The molecule has 0 aromatic carbocycles. The van der Waals surface area contributed by atoms with Crippen molar-refractivity contribution in [3.05, 3.63) is 30.1 Å². The van der Waals surface area contributed by atoms with E-state index in [2.05, 4.69) is 10.3 Å². The van der Waals surface area contributed by atoms with Crippen molar-refractivity contribution in [2.24, 2.45) is 0 Å². The van der Waals surface area contributed by atoms with Crippen molar-refractivity contribution in [2.75, 3.05) is 6.54 Å². The van der Waals surface area contributed by atoms with Gasteiger partial charge in [-0.3, -0.25) is 9.78 Å².